The summed E-state index contributed by atoms with van der Waals surface area (Å²) in [6.45, 7) is 2.74. The van der Waals surface area contributed by atoms with Crippen LogP contribution in [0.1, 0.15) is 11.6 Å². The molecule has 4 heteroatoms. The molecule has 0 aromatic heterocycles. The third kappa shape index (κ3) is 2.27. The summed E-state index contributed by atoms with van der Waals surface area (Å²) in [5.41, 5.74) is 1.01. The van der Waals surface area contributed by atoms with Gasteiger partial charge >= 0.3 is 0 Å². The van der Waals surface area contributed by atoms with Crippen molar-refractivity contribution in [1.82, 2.24) is 10.6 Å². The summed E-state index contributed by atoms with van der Waals surface area (Å²) in [6.07, 6.45) is 0. The molecule has 3 nitrogen and oxygen atoms in total. The van der Waals surface area contributed by atoms with Gasteiger partial charge < -0.3 is 15.4 Å². The number of halogens is 1. The van der Waals surface area contributed by atoms with Crippen LogP contribution in [0.3, 0.4) is 0 Å². The summed E-state index contributed by atoms with van der Waals surface area (Å²) in [4.78, 5) is 0. The smallest absolute Gasteiger partial charge is 0.126 e. The molecule has 1 aromatic carbocycles. The lowest BCUT2D eigenvalue weighted by Gasteiger charge is -2.26. The Morgan fingerprint density at radius 3 is 2.93 bits per heavy atom. The normalized spacial score (nSPS) is 21.3. The number of hydrogen-bond acceptors (Lipinski definition) is 3. The van der Waals surface area contributed by atoms with Crippen LogP contribution in [-0.2, 0) is 0 Å². The monoisotopic (exact) mass is 210 g/mol. The highest BCUT2D eigenvalue weighted by molar-refractivity contribution is 5.37. The van der Waals surface area contributed by atoms with Gasteiger partial charge in [-0.05, 0) is 6.07 Å². The van der Waals surface area contributed by atoms with Gasteiger partial charge in [0, 0.05) is 37.3 Å². The van der Waals surface area contributed by atoms with Crippen molar-refractivity contribution >= 4 is 0 Å². The van der Waals surface area contributed by atoms with Crippen molar-refractivity contribution in [3.05, 3.63) is 29.6 Å². The van der Waals surface area contributed by atoms with E-state index in [1.54, 1.807) is 13.2 Å². The van der Waals surface area contributed by atoms with Gasteiger partial charge in [0.2, 0.25) is 0 Å². The van der Waals surface area contributed by atoms with Crippen LogP contribution in [-0.4, -0.2) is 26.7 Å². The third-order valence-corrected chi connectivity index (χ3v) is 2.61. The fraction of sp³-hybridized carbons (Fsp3) is 0.455. The van der Waals surface area contributed by atoms with Crippen LogP contribution in [0.4, 0.5) is 4.39 Å². The van der Waals surface area contributed by atoms with Crippen molar-refractivity contribution in [3.8, 4) is 5.75 Å². The Morgan fingerprint density at radius 1 is 1.40 bits per heavy atom. The second-order valence-electron chi connectivity index (χ2n) is 3.60. The van der Waals surface area contributed by atoms with Crippen LogP contribution in [0.2, 0.25) is 0 Å². The minimum atomic E-state index is -0.264. The van der Waals surface area contributed by atoms with Crippen molar-refractivity contribution < 1.29 is 9.13 Å². The highest BCUT2D eigenvalue weighted by Gasteiger charge is 2.18. The van der Waals surface area contributed by atoms with E-state index in [0.29, 0.717) is 5.75 Å². The Balaban J connectivity index is 2.25. The van der Waals surface area contributed by atoms with Gasteiger partial charge in [0.1, 0.15) is 11.6 Å². The lowest BCUT2D eigenvalue weighted by atomic mass is 10.0. The number of piperazine rings is 1. The number of ether oxygens (including phenoxy) is 1. The Hall–Kier alpha value is -1.13. The van der Waals surface area contributed by atoms with E-state index in [1.807, 2.05) is 0 Å². The first-order chi connectivity index (χ1) is 7.31. The maximum atomic E-state index is 13.0. The van der Waals surface area contributed by atoms with Gasteiger partial charge in [-0.1, -0.05) is 6.07 Å². The van der Waals surface area contributed by atoms with Gasteiger partial charge in [0.25, 0.3) is 0 Å². The second kappa shape index (κ2) is 4.59. The van der Waals surface area contributed by atoms with E-state index in [2.05, 4.69) is 10.6 Å². The Bertz CT molecular complexity index is 337. The first kappa shape index (κ1) is 10.4. The van der Waals surface area contributed by atoms with Crippen molar-refractivity contribution in [1.29, 1.82) is 0 Å². The van der Waals surface area contributed by atoms with Crippen LogP contribution in [0, 0.1) is 5.82 Å². The first-order valence-electron chi connectivity index (χ1n) is 5.09. The number of hydrogen-bond donors (Lipinski definition) is 2. The van der Waals surface area contributed by atoms with Gasteiger partial charge in [-0.2, -0.15) is 0 Å². The maximum Gasteiger partial charge on any atom is 0.126 e. The molecule has 0 bridgehead atoms. The number of nitrogens with one attached hydrogen (secondary N) is 2. The molecule has 1 atom stereocenters. The zero-order chi connectivity index (χ0) is 10.7. The molecule has 1 fully saturated rings. The molecule has 1 aliphatic rings. The third-order valence-electron chi connectivity index (χ3n) is 2.61. The molecule has 2 N–H and O–H groups in total. The molecule has 2 rings (SSSR count). The van der Waals surface area contributed by atoms with Crippen LogP contribution in [0.15, 0.2) is 18.2 Å². The summed E-state index contributed by atoms with van der Waals surface area (Å²) in [5.74, 6) is 0.343. The summed E-state index contributed by atoms with van der Waals surface area (Å²) in [5, 5.41) is 6.65. The van der Waals surface area contributed by atoms with Gasteiger partial charge in [0.05, 0.1) is 7.11 Å². The molecule has 0 amide bonds. The van der Waals surface area contributed by atoms with Crippen molar-refractivity contribution in [2.24, 2.45) is 0 Å². The van der Waals surface area contributed by atoms with Gasteiger partial charge in [-0.15, -0.1) is 0 Å². The molecule has 1 saturated heterocycles. The summed E-state index contributed by atoms with van der Waals surface area (Å²) >= 11 is 0. The van der Waals surface area contributed by atoms with Gasteiger partial charge in [-0.3, -0.25) is 0 Å². The minimum Gasteiger partial charge on any atom is -0.496 e. The minimum absolute atomic E-state index is 0.203. The molecule has 0 radical (unpaired) electrons. The van der Waals surface area contributed by atoms with E-state index >= 15 is 0 Å². The Labute approximate surface area is 88.6 Å². The molecule has 1 aliphatic heterocycles. The number of rotatable bonds is 2. The lowest BCUT2D eigenvalue weighted by Crippen LogP contribution is -2.42. The maximum absolute atomic E-state index is 13.0. The van der Waals surface area contributed by atoms with Gasteiger partial charge in [-0.25, -0.2) is 4.39 Å². The topological polar surface area (TPSA) is 33.3 Å². The molecule has 1 aromatic rings. The predicted molar refractivity (Wildman–Crippen MR) is 56.6 cm³/mol. The molecule has 0 saturated carbocycles. The summed E-state index contributed by atoms with van der Waals surface area (Å²) < 4.78 is 18.2. The van der Waals surface area contributed by atoms with Crippen LogP contribution in [0.5, 0.6) is 5.75 Å². The van der Waals surface area contributed by atoms with E-state index in [4.69, 9.17) is 4.74 Å². The zero-order valence-corrected chi connectivity index (χ0v) is 8.72. The lowest BCUT2D eigenvalue weighted by molar-refractivity contribution is 0.379. The molecule has 0 aliphatic carbocycles. The van der Waals surface area contributed by atoms with E-state index < -0.39 is 0 Å². The van der Waals surface area contributed by atoms with E-state index in [0.717, 1.165) is 25.2 Å². The van der Waals surface area contributed by atoms with E-state index in [9.17, 15) is 4.39 Å². The number of methoxy groups -OCH3 is 1. The van der Waals surface area contributed by atoms with Crippen LogP contribution in [0.25, 0.3) is 0 Å². The molecule has 0 unspecified atom stereocenters. The molecule has 82 valence electrons. The largest absolute Gasteiger partial charge is 0.496 e. The van der Waals surface area contributed by atoms with Crippen LogP contribution >= 0.6 is 0 Å². The average Bonchev–Trinajstić information content (AvgIpc) is 2.30. The molecule has 0 spiro atoms. The standard InChI is InChI=1S/C11H15FN2O/c1-15-11-6-8(12)2-3-9(11)10-7-13-4-5-14-10/h2-3,6,10,13-14H,4-5,7H2,1H3/t10-/m0/s1. The fourth-order valence-corrected chi connectivity index (χ4v) is 1.85. The van der Waals surface area contributed by atoms with Crippen molar-refractivity contribution in [3.63, 3.8) is 0 Å². The quantitative estimate of drug-likeness (QED) is 0.766. The zero-order valence-electron chi connectivity index (χ0n) is 8.72. The summed E-state index contributed by atoms with van der Waals surface area (Å²) in [7, 11) is 1.56. The molecule has 15 heavy (non-hydrogen) atoms. The highest BCUT2D eigenvalue weighted by Crippen LogP contribution is 2.26. The fourth-order valence-electron chi connectivity index (χ4n) is 1.85. The van der Waals surface area contributed by atoms with Gasteiger partial charge in [0.15, 0.2) is 0 Å². The molecule has 1 heterocycles. The second-order valence-corrected chi connectivity index (χ2v) is 3.60. The Kier molecular flexibility index (Phi) is 3.18. The average molecular weight is 210 g/mol. The van der Waals surface area contributed by atoms with Crippen molar-refractivity contribution in [2.75, 3.05) is 26.7 Å². The predicted octanol–water partition coefficient (Wildman–Crippen LogP) is 1.07. The first-order valence-corrected chi connectivity index (χ1v) is 5.09. The van der Waals surface area contributed by atoms with E-state index in [1.165, 1.54) is 12.1 Å². The number of benzene rings is 1. The summed E-state index contributed by atoms with van der Waals surface area (Å²) in [6, 6.07) is 4.87. The molecular formula is C11H15FN2O. The highest BCUT2D eigenvalue weighted by atomic mass is 19.1. The molecular weight excluding hydrogens is 195 g/mol. The SMILES string of the molecule is COc1cc(F)ccc1[C@@H]1CNCCN1. The van der Waals surface area contributed by atoms with Crippen LogP contribution < -0.4 is 15.4 Å². The van der Waals surface area contributed by atoms with E-state index in [-0.39, 0.29) is 11.9 Å². The Morgan fingerprint density at radius 2 is 2.27 bits per heavy atom. The van der Waals surface area contributed by atoms with Crippen molar-refractivity contribution in [2.45, 2.75) is 6.04 Å².